The molecule has 1 aromatic rings. The lowest BCUT2D eigenvalue weighted by Gasteiger charge is -2.44. The van der Waals surface area contributed by atoms with E-state index in [4.69, 9.17) is 0 Å². The molecule has 0 bridgehead atoms. The summed E-state index contributed by atoms with van der Waals surface area (Å²) >= 11 is 2.06. The van der Waals surface area contributed by atoms with Crippen molar-refractivity contribution in [1.82, 2.24) is 10.2 Å². The molecular formula is C18H30N2S. The summed E-state index contributed by atoms with van der Waals surface area (Å²) in [4.78, 5) is 2.73. The number of piperazine rings is 1. The number of benzene rings is 1. The van der Waals surface area contributed by atoms with E-state index in [2.05, 4.69) is 73.1 Å². The fourth-order valence-electron chi connectivity index (χ4n) is 3.15. The number of hydrogen-bond acceptors (Lipinski definition) is 3. The Morgan fingerprint density at radius 2 is 2.05 bits per heavy atom. The molecule has 1 aliphatic heterocycles. The van der Waals surface area contributed by atoms with Gasteiger partial charge < -0.3 is 5.32 Å². The second-order valence-electron chi connectivity index (χ2n) is 5.97. The summed E-state index contributed by atoms with van der Waals surface area (Å²) in [5, 5.41) is 3.72. The van der Waals surface area contributed by atoms with Gasteiger partial charge >= 0.3 is 0 Å². The van der Waals surface area contributed by atoms with E-state index in [9.17, 15) is 0 Å². The van der Waals surface area contributed by atoms with E-state index in [-0.39, 0.29) is 0 Å². The van der Waals surface area contributed by atoms with Crippen LogP contribution in [0, 0.1) is 0 Å². The highest BCUT2D eigenvalue weighted by molar-refractivity contribution is 7.99. The summed E-state index contributed by atoms with van der Waals surface area (Å²) in [6.45, 7) is 9.20. The van der Waals surface area contributed by atoms with E-state index in [1.54, 1.807) is 0 Å². The van der Waals surface area contributed by atoms with Crippen LogP contribution in [-0.2, 0) is 0 Å². The third kappa shape index (κ3) is 4.73. The topological polar surface area (TPSA) is 15.3 Å². The number of thioether (sulfide) groups is 1. The Morgan fingerprint density at radius 1 is 1.29 bits per heavy atom. The molecule has 1 fully saturated rings. The molecule has 3 atom stereocenters. The van der Waals surface area contributed by atoms with Crippen LogP contribution in [0.25, 0.3) is 0 Å². The van der Waals surface area contributed by atoms with E-state index in [1.807, 2.05) is 0 Å². The Morgan fingerprint density at radius 3 is 2.71 bits per heavy atom. The molecule has 21 heavy (non-hydrogen) atoms. The molecule has 2 nitrogen and oxygen atoms in total. The summed E-state index contributed by atoms with van der Waals surface area (Å²) in [6.07, 6.45) is 2.51. The number of nitrogens with zero attached hydrogens (tertiary/aromatic N) is 1. The first-order chi connectivity index (χ1) is 10.3. The van der Waals surface area contributed by atoms with Crippen LogP contribution >= 0.6 is 11.8 Å². The molecule has 0 amide bonds. The first-order valence-corrected chi connectivity index (χ1v) is 9.53. The van der Waals surface area contributed by atoms with E-state index >= 15 is 0 Å². The van der Waals surface area contributed by atoms with Gasteiger partial charge in [-0.05, 0) is 36.8 Å². The van der Waals surface area contributed by atoms with Gasteiger partial charge in [0.05, 0.1) is 0 Å². The lowest BCUT2D eigenvalue weighted by molar-refractivity contribution is 0.0860. The van der Waals surface area contributed by atoms with E-state index in [1.165, 1.54) is 36.5 Å². The molecule has 3 heteroatoms. The normalized spacial score (nSPS) is 24.9. The monoisotopic (exact) mass is 306 g/mol. The summed E-state index contributed by atoms with van der Waals surface area (Å²) in [6, 6.07) is 12.8. The number of hydrogen-bond donors (Lipinski definition) is 1. The van der Waals surface area contributed by atoms with Crippen molar-refractivity contribution in [2.24, 2.45) is 0 Å². The van der Waals surface area contributed by atoms with Crippen molar-refractivity contribution in [2.45, 2.75) is 51.7 Å². The minimum absolute atomic E-state index is 0.524. The number of nitrogens with one attached hydrogen (secondary N) is 1. The van der Waals surface area contributed by atoms with Crippen molar-refractivity contribution in [1.29, 1.82) is 0 Å². The lowest BCUT2D eigenvalue weighted by Crippen LogP contribution is -2.54. The highest BCUT2D eigenvalue weighted by Gasteiger charge is 2.30. The third-order valence-electron chi connectivity index (χ3n) is 4.56. The molecule has 2 rings (SSSR count). The molecule has 1 N–H and O–H groups in total. The van der Waals surface area contributed by atoms with Crippen molar-refractivity contribution in [3.05, 3.63) is 35.9 Å². The average Bonchev–Trinajstić information content (AvgIpc) is 2.55. The fraction of sp³-hybridized carbons (Fsp3) is 0.667. The molecule has 0 saturated carbocycles. The molecule has 1 aliphatic rings. The van der Waals surface area contributed by atoms with Gasteiger partial charge in [0.1, 0.15) is 0 Å². The van der Waals surface area contributed by atoms with Crippen LogP contribution in [0.5, 0.6) is 0 Å². The van der Waals surface area contributed by atoms with Crippen LogP contribution in [0.4, 0.5) is 0 Å². The summed E-state index contributed by atoms with van der Waals surface area (Å²) in [7, 11) is 0. The Balaban J connectivity index is 2.06. The Hall–Kier alpha value is -0.510. The van der Waals surface area contributed by atoms with E-state index < -0.39 is 0 Å². The van der Waals surface area contributed by atoms with E-state index in [0.29, 0.717) is 18.1 Å². The largest absolute Gasteiger partial charge is 0.311 e. The zero-order valence-corrected chi connectivity index (χ0v) is 14.5. The maximum Gasteiger partial charge on any atom is 0.0476 e. The average molecular weight is 307 g/mol. The molecule has 1 aromatic carbocycles. The van der Waals surface area contributed by atoms with Gasteiger partial charge in [0.15, 0.2) is 0 Å². The zero-order valence-electron chi connectivity index (χ0n) is 13.7. The molecule has 0 aliphatic carbocycles. The van der Waals surface area contributed by atoms with Gasteiger partial charge in [-0.3, -0.25) is 4.90 Å². The van der Waals surface area contributed by atoms with Crippen molar-refractivity contribution in [3.63, 3.8) is 0 Å². The summed E-state index contributed by atoms with van der Waals surface area (Å²) in [5.41, 5.74) is 1.45. The number of rotatable bonds is 7. The van der Waals surface area contributed by atoms with Gasteiger partial charge in [-0.2, -0.15) is 11.8 Å². The standard InChI is InChI=1S/C18H30N2S/c1-4-17-14-20(15(3)11-12-21-5-2)18(13-19-17)16-9-7-6-8-10-16/h6-10,15,17-19H,4-5,11-14H2,1-3H3. The predicted molar refractivity (Wildman–Crippen MR) is 95.0 cm³/mol. The minimum atomic E-state index is 0.524. The second-order valence-corrected chi connectivity index (χ2v) is 7.37. The fourth-order valence-corrected chi connectivity index (χ4v) is 3.95. The molecular weight excluding hydrogens is 276 g/mol. The van der Waals surface area contributed by atoms with Crippen LogP contribution in [0.1, 0.15) is 45.2 Å². The Kier molecular flexibility index (Phi) is 7.08. The molecule has 3 unspecified atom stereocenters. The predicted octanol–water partition coefficient (Wildman–Crippen LogP) is 3.94. The van der Waals surface area contributed by atoms with Gasteiger partial charge in [-0.1, -0.05) is 44.2 Å². The highest BCUT2D eigenvalue weighted by Crippen LogP contribution is 2.27. The van der Waals surface area contributed by atoms with Crippen LogP contribution in [0.2, 0.25) is 0 Å². The Labute approximate surface area is 134 Å². The Bertz CT molecular complexity index is 395. The summed E-state index contributed by atoms with van der Waals surface area (Å²) < 4.78 is 0. The quantitative estimate of drug-likeness (QED) is 0.768. The molecule has 0 spiro atoms. The minimum Gasteiger partial charge on any atom is -0.311 e. The van der Waals surface area contributed by atoms with Crippen molar-refractivity contribution in [2.75, 3.05) is 24.6 Å². The molecule has 0 radical (unpaired) electrons. The van der Waals surface area contributed by atoms with Gasteiger partial charge in [0, 0.05) is 31.2 Å². The van der Waals surface area contributed by atoms with Crippen LogP contribution in [0.3, 0.4) is 0 Å². The first-order valence-electron chi connectivity index (χ1n) is 8.38. The van der Waals surface area contributed by atoms with Gasteiger partial charge in [-0.15, -0.1) is 0 Å². The van der Waals surface area contributed by atoms with Crippen LogP contribution in [0.15, 0.2) is 30.3 Å². The van der Waals surface area contributed by atoms with Crippen LogP contribution in [-0.4, -0.2) is 41.6 Å². The van der Waals surface area contributed by atoms with Crippen molar-refractivity contribution < 1.29 is 0 Å². The zero-order chi connectivity index (χ0) is 15.1. The summed E-state index contributed by atoms with van der Waals surface area (Å²) in [5.74, 6) is 2.51. The lowest BCUT2D eigenvalue weighted by atomic mass is 9.97. The molecule has 0 aromatic heterocycles. The smallest absolute Gasteiger partial charge is 0.0476 e. The van der Waals surface area contributed by atoms with Crippen molar-refractivity contribution in [3.8, 4) is 0 Å². The van der Waals surface area contributed by atoms with Gasteiger partial charge in [0.25, 0.3) is 0 Å². The van der Waals surface area contributed by atoms with Crippen LogP contribution < -0.4 is 5.32 Å². The third-order valence-corrected chi connectivity index (χ3v) is 5.49. The maximum atomic E-state index is 3.72. The maximum absolute atomic E-state index is 3.72. The second kappa shape index (κ2) is 8.82. The highest BCUT2D eigenvalue weighted by atomic mass is 32.2. The first kappa shape index (κ1) is 16.9. The van der Waals surface area contributed by atoms with E-state index in [0.717, 1.165) is 6.54 Å². The van der Waals surface area contributed by atoms with Gasteiger partial charge in [0.2, 0.25) is 0 Å². The van der Waals surface area contributed by atoms with Gasteiger partial charge in [-0.25, -0.2) is 0 Å². The molecule has 118 valence electrons. The SMILES string of the molecule is CCSCCC(C)N1CC(CC)NCC1c1ccccc1. The van der Waals surface area contributed by atoms with Crippen molar-refractivity contribution >= 4 is 11.8 Å². The molecule has 1 saturated heterocycles. The molecule has 1 heterocycles.